The molecule has 0 atom stereocenters. The average Bonchev–Trinajstić information content (AvgIpc) is 3.15. The smallest absolute Gasteiger partial charge is 0.346 e. The van der Waals surface area contributed by atoms with Gasteiger partial charge in [0.2, 0.25) is 0 Å². The third-order valence-corrected chi connectivity index (χ3v) is 10.6. The quantitative estimate of drug-likeness (QED) is 0.175. The molecule has 0 aliphatic heterocycles. The van der Waals surface area contributed by atoms with Crippen molar-refractivity contribution in [2.45, 2.75) is 49.0 Å². The Kier molecular flexibility index (Phi) is 10.1. The standard InChI is InChI=1S/C19H28Cl2NO7PS2/c1-3-19(4-2,30(23,24)25)22-32(26,27)18-12-14-11-15(28-9-5-7-20)16(13-17(14)31-18)29-10-6-8-21/h11-13,22H,3-10H2,1-2H3,(H2,23,24,25). The Hall–Kier alpha value is -0.580. The van der Waals surface area contributed by atoms with Crippen molar-refractivity contribution in [3.8, 4) is 11.5 Å². The SMILES string of the molecule is CCC(CC)(NS(=O)(=O)c1cc2cc(OCCCCl)c(OCCCCl)cc2s1)P(=O)(O)O. The van der Waals surface area contributed by atoms with Gasteiger partial charge in [0, 0.05) is 22.5 Å². The molecule has 0 saturated carbocycles. The maximum absolute atomic E-state index is 13.0. The second-order valence-electron chi connectivity index (χ2n) is 7.07. The zero-order chi connectivity index (χ0) is 24.0. The monoisotopic (exact) mass is 547 g/mol. The molecule has 3 N–H and O–H groups in total. The molecule has 0 fully saturated rings. The van der Waals surface area contributed by atoms with Gasteiger partial charge in [-0.2, -0.15) is 4.72 Å². The highest BCUT2D eigenvalue weighted by molar-refractivity contribution is 7.92. The maximum Gasteiger partial charge on any atom is 0.346 e. The van der Waals surface area contributed by atoms with Crippen LogP contribution in [-0.4, -0.2) is 48.5 Å². The van der Waals surface area contributed by atoms with Crippen LogP contribution in [0, 0.1) is 0 Å². The van der Waals surface area contributed by atoms with Crippen LogP contribution in [0.5, 0.6) is 11.5 Å². The number of hydrogen-bond acceptors (Lipinski definition) is 6. The van der Waals surface area contributed by atoms with Gasteiger partial charge < -0.3 is 19.3 Å². The molecule has 0 bridgehead atoms. The number of fused-ring (bicyclic) bond motifs is 1. The molecule has 1 aromatic heterocycles. The molecule has 32 heavy (non-hydrogen) atoms. The summed E-state index contributed by atoms with van der Waals surface area (Å²) >= 11 is 12.4. The molecule has 0 saturated heterocycles. The lowest BCUT2D eigenvalue weighted by molar-refractivity contribution is 0.270. The second kappa shape index (κ2) is 11.7. The minimum Gasteiger partial charge on any atom is -0.490 e. The van der Waals surface area contributed by atoms with Crippen LogP contribution in [0.3, 0.4) is 0 Å². The highest BCUT2D eigenvalue weighted by Gasteiger charge is 2.47. The summed E-state index contributed by atoms with van der Waals surface area (Å²) in [5, 5.41) is -1.26. The third-order valence-electron chi connectivity index (χ3n) is 4.95. The molecule has 0 spiro atoms. The van der Waals surface area contributed by atoms with Crippen molar-refractivity contribution < 1.29 is 32.2 Å². The van der Waals surface area contributed by atoms with Gasteiger partial charge in [-0.3, -0.25) is 4.57 Å². The molecule has 0 radical (unpaired) electrons. The minimum absolute atomic E-state index is 0.0585. The average molecular weight is 548 g/mol. The Labute approximate surface area is 202 Å². The van der Waals surface area contributed by atoms with Crippen LogP contribution in [0.15, 0.2) is 22.4 Å². The molecule has 0 aliphatic carbocycles. The van der Waals surface area contributed by atoms with Crippen LogP contribution in [0.25, 0.3) is 10.1 Å². The van der Waals surface area contributed by atoms with Gasteiger partial charge in [0.25, 0.3) is 10.0 Å². The van der Waals surface area contributed by atoms with E-state index >= 15 is 0 Å². The molecule has 0 aliphatic rings. The lowest BCUT2D eigenvalue weighted by atomic mass is 10.2. The summed E-state index contributed by atoms with van der Waals surface area (Å²) in [6, 6.07) is 4.83. The van der Waals surface area contributed by atoms with Gasteiger partial charge >= 0.3 is 7.60 Å². The van der Waals surface area contributed by atoms with Crippen molar-refractivity contribution in [2.24, 2.45) is 0 Å². The van der Waals surface area contributed by atoms with Crippen LogP contribution in [0.1, 0.15) is 39.5 Å². The fraction of sp³-hybridized carbons (Fsp3) is 0.579. The molecule has 13 heteroatoms. The van der Waals surface area contributed by atoms with E-state index in [1.165, 1.54) is 19.9 Å². The van der Waals surface area contributed by atoms with Crippen LogP contribution in [-0.2, 0) is 14.6 Å². The number of rotatable bonds is 14. The first-order valence-corrected chi connectivity index (χ1v) is 15.1. The van der Waals surface area contributed by atoms with E-state index in [0.717, 1.165) is 11.3 Å². The predicted molar refractivity (Wildman–Crippen MR) is 129 cm³/mol. The van der Waals surface area contributed by atoms with Crippen LogP contribution in [0.2, 0.25) is 0 Å². The summed E-state index contributed by atoms with van der Waals surface area (Å²) in [7, 11) is -8.95. The number of sulfonamides is 1. The van der Waals surface area contributed by atoms with Crippen molar-refractivity contribution in [2.75, 3.05) is 25.0 Å². The normalized spacial score (nSPS) is 12.9. The predicted octanol–water partition coefficient (Wildman–Crippen LogP) is 4.89. The number of halogens is 2. The molecule has 2 rings (SSSR count). The van der Waals surface area contributed by atoms with Gasteiger partial charge in [-0.05, 0) is 43.2 Å². The highest BCUT2D eigenvalue weighted by atomic mass is 35.5. The molecule has 0 unspecified atom stereocenters. The Morgan fingerprint density at radius 2 is 1.56 bits per heavy atom. The molecular weight excluding hydrogens is 520 g/mol. The summed E-state index contributed by atoms with van der Waals surface area (Å²) in [4.78, 5) is 19.6. The number of nitrogens with one attached hydrogen (secondary N) is 1. The Bertz CT molecular complexity index is 1000. The fourth-order valence-corrected chi connectivity index (χ4v) is 7.71. The van der Waals surface area contributed by atoms with Crippen molar-refractivity contribution in [3.63, 3.8) is 0 Å². The summed E-state index contributed by atoms with van der Waals surface area (Å²) in [6.45, 7) is 3.81. The van der Waals surface area contributed by atoms with Crippen LogP contribution >= 0.6 is 42.1 Å². The van der Waals surface area contributed by atoms with Gasteiger partial charge in [-0.1, -0.05) is 13.8 Å². The van der Waals surface area contributed by atoms with Gasteiger partial charge in [-0.25, -0.2) is 8.42 Å². The first-order chi connectivity index (χ1) is 15.0. The summed E-state index contributed by atoms with van der Waals surface area (Å²) in [6.07, 6.45) is 1.14. The number of hydrogen-bond donors (Lipinski definition) is 3. The van der Waals surface area contributed by atoms with E-state index in [1.54, 1.807) is 12.1 Å². The number of benzene rings is 1. The van der Waals surface area contributed by atoms with Crippen molar-refractivity contribution in [1.82, 2.24) is 4.72 Å². The Morgan fingerprint density at radius 1 is 1.03 bits per heavy atom. The number of ether oxygens (including phenoxy) is 2. The lowest BCUT2D eigenvalue weighted by Gasteiger charge is -2.32. The van der Waals surface area contributed by atoms with E-state index in [2.05, 4.69) is 4.72 Å². The Morgan fingerprint density at radius 3 is 2.03 bits per heavy atom. The summed E-state index contributed by atoms with van der Waals surface area (Å²) < 4.78 is 52.5. The lowest BCUT2D eigenvalue weighted by Crippen LogP contribution is -2.46. The highest BCUT2D eigenvalue weighted by Crippen LogP contribution is 2.53. The van der Waals surface area contributed by atoms with E-state index in [-0.39, 0.29) is 17.1 Å². The fourth-order valence-electron chi connectivity index (χ4n) is 3.02. The zero-order valence-electron chi connectivity index (χ0n) is 17.8. The summed E-state index contributed by atoms with van der Waals surface area (Å²) in [5.74, 6) is 1.79. The molecule has 1 heterocycles. The summed E-state index contributed by atoms with van der Waals surface area (Å²) in [5.41, 5.74) is 0. The largest absolute Gasteiger partial charge is 0.490 e. The van der Waals surface area contributed by atoms with Gasteiger partial charge in [0.05, 0.1) is 13.2 Å². The van der Waals surface area contributed by atoms with E-state index in [1.807, 2.05) is 0 Å². The zero-order valence-corrected chi connectivity index (χ0v) is 21.9. The van der Waals surface area contributed by atoms with E-state index < -0.39 is 22.9 Å². The molecule has 182 valence electrons. The van der Waals surface area contributed by atoms with E-state index in [4.69, 9.17) is 32.7 Å². The van der Waals surface area contributed by atoms with Crippen molar-refractivity contribution >= 4 is 62.2 Å². The molecular formula is C19H28Cl2NO7PS2. The minimum atomic E-state index is -4.75. The van der Waals surface area contributed by atoms with Crippen molar-refractivity contribution in [3.05, 3.63) is 18.2 Å². The molecule has 8 nitrogen and oxygen atoms in total. The van der Waals surface area contributed by atoms with Gasteiger partial charge in [0.1, 0.15) is 9.49 Å². The first-order valence-electron chi connectivity index (χ1n) is 10.1. The maximum atomic E-state index is 13.0. The number of alkyl halides is 2. The van der Waals surface area contributed by atoms with Gasteiger partial charge in [0.15, 0.2) is 11.5 Å². The van der Waals surface area contributed by atoms with E-state index in [9.17, 15) is 22.8 Å². The molecule has 2 aromatic rings. The van der Waals surface area contributed by atoms with Gasteiger partial charge in [-0.15, -0.1) is 34.5 Å². The van der Waals surface area contributed by atoms with Crippen molar-refractivity contribution in [1.29, 1.82) is 0 Å². The van der Waals surface area contributed by atoms with Crippen LogP contribution in [0.4, 0.5) is 0 Å². The third kappa shape index (κ3) is 6.51. The number of thiophene rings is 1. The van der Waals surface area contributed by atoms with E-state index in [0.29, 0.717) is 59.4 Å². The molecule has 1 aromatic carbocycles. The topological polar surface area (TPSA) is 122 Å². The van der Waals surface area contributed by atoms with Crippen LogP contribution < -0.4 is 14.2 Å². The Balaban J connectivity index is 2.45. The molecule has 0 amide bonds. The first kappa shape index (κ1) is 27.7. The second-order valence-corrected chi connectivity index (χ2v) is 12.8.